The number of H-pyrrole nitrogens is 2. The molecular formula is C44H60N18O6S2. The molecule has 7 atom stereocenters. The van der Waals surface area contributed by atoms with Gasteiger partial charge in [-0.1, -0.05) is 6.42 Å². The van der Waals surface area contributed by atoms with E-state index in [9.17, 15) is 27.4 Å². The van der Waals surface area contributed by atoms with E-state index in [-0.39, 0.29) is 79.4 Å². The van der Waals surface area contributed by atoms with Crippen LogP contribution in [0.5, 0.6) is 5.88 Å². The lowest BCUT2D eigenvalue weighted by molar-refractivity contribution is 0.0192. The fourth-order valence-corrected chi connectivity index (χ4v) is 14.4. The Kier molecular flexibility index (Phi) is 13.6. The second-order valence-electron chi connectivity index (χ2n) is 19.4. The summed E-state index contributed by atoms with van der Waals surface area (Å²) in [4.78, 5) is 23.2. The minimum atomic E-state index is -3.80. The number of hydrogen-bond acceptors (Lipinski definition) is 19. The molecule has 5 N–H and O–H groups in total. The van der Waals surface area contributed by atoms with Gasteiger partial charge >= 0.3 is 0 Å². The second kappa shape index (κ2) is 19.8. The summed E-state index contributed by atoms with van der Waals surface area (Å²) in [6.07, 6.45) is 7.22. The molecule has 6 fully saturated rings. The molecule has 0 radical (unpaired) electrons. The Bertz CT molecular complexity index is 2810. The number of aromatic amines is 2. The van der Waals surface area contributed by atoms with Gasteiger partial charge in [-0.25, -0.2) is 8.42 Å². The van der Waals surface area contributed by atoms with E-state index in [0.717, 1.165) is 62.8 Å². The first-order valence-corrected chi connectivity index (χ1v) is 27.0. The van der Waals surface area contributed by atoms with E-state index in [2.05, 4.69) is 63.4 Å². The van der Waals surface area contributed by atoms with Crippen molar-refractivity contribution in [2.75, 3.05) is 73.8 Å². The van der Waals surface area contributed by atoms with Gasteiger partial charge in [0.05, 0.1) is 24.7 Å². The van der Waals surface area contributed by atoms with Crippen LogP contribution in [0.3, 0.4) is 0 Å². The van der Waals surface area contributed by atoms with Crippen LogP contribution in [0, 0.1) is 42.4 Å². The minimum absolute atomic E-state index is 0.0164. The van der Waals surface area contributed by atoms with Crippen LogP contribution < -0.4 is 25.6 Å². The van der Waals surface area contributed by atoms with Gasteiger partial charge in [-0.3, -0.25) is 15.1 Å². The molecule has 0 aliphatic carbocycles. The first-order chi connectivity index (χ1) is 33.7. The van der Waals surface area contributed by atoms with Crippen molar-refractivity contribution in [3.63, 3.8) is 0 Å². The van der Waals surface area contributed by atoms with Crippen LogP contribution in [-0.4, -0.2) is 170 Å². The molecule has 26 heteroatoms. The highest BCUT2D eigenvalue weighted by Gasteiger charge is 2.50. The summed E-state index contributed by atoms with van der Waals surface area (Å²) in [5, 5.41) is 43.6. The Balaban J connectivity index is 0.758. The van der Waals surface area contributed by atoms with E-state index < -0.39 is 26.3 Å². The zero-order valence-electron chi connectivity index (χ0n) is 39.5. The normalized spacial score (nSPS) is 25.8. The second-order valence-corrected chi connectivity index (χ2v) is 23.1. The van der Waals surface area contributed by atoms with E-state index in [1.807, 2.05) is 37.9 Å². The van der Waals surface area contributed by atoms with Gasteiger partial charge in [-0.05, 0) is 71.6 Å². The molecule has 4 bridgehead atoms. The molecule has 24 nitrogen and oxygen atoms in total. The number of aryl methyl sites for hydroxylation is 2. The number of anilines is 6. The molecule has 6 saturated heterocycles. The predicted octanol–water partition coefficient (Wildman–Crippen LogP) is 3.13. The van der Waals surface area contributed by atoms with E-state index in [4.69, 9.17) is 19.4 Å². The van der Waals surface area contributed by atoms with Crippen LogP contribution in [0.2, 0.25) is 0 Å². The average Bonchev–Trinajstić information content (AvgIpc) is 3.96. The summed E-state index contributed by atoms with van der Waals surface area (Å²) >= 11 is 0. The molecule has 4 aromatic rings. The van der Waals surface area contributed by atoms with Crippen LogP contribution in [-0.2, 0) is 25.0 Å². The first-order valence-electron chi connectivity index (χ1n) is 24.2. The molecule has 10 rings (SSSR count). The SMILES string of the molecule is Cc1cc(Nc2cc(S(=O)(=O)N3CCC3)nc(NC3C[C@H]4CC[C@@H](C3)N4CC(C#N)OCCOc3cc(Nc4cc(C)[nH]n4)nc(N(C)C4C[C@H]5CCC[C@@H](C4)N5S(=O)(=O)N4CC(C#N)C4)n3)n2)n[nH]1. The quantitative estimate of drug-likeness (QED) is 0.0666. The van der Waals surface area contributed by atoms with Crippen molar-refractivity contribution in [1.82, 2.24) is 58.1 Å². The highest BCUT2D eigenvalue weighted by molar-refractivity contribution is 7.89. The molecule has 0 aromatic carbocycles. The molecule has 374 valence electrons. The maximum atomic E-state index is 13.8. The number of rotatable bonds is 19. The van der Waals surface area contributed by atoms with Gasteiger partial charge in [0.15, 0.2) is 22.8 Å². The van der Waals surface area contributed by atoms with Gasteiger partial charge in [0, 0.05) is 112 Å². The topological polar surface area (TPSA) is 296 Å². The summed E-state index contributed by atoms with van der Waals surface area (Å²) in [6, 6.07) is 11.3. The van der Waals surface area contributed by atoms with Crippen molar-refractivity contribution in [3.05, 3.63) is 35.7 Å². The van der Waals surface area contributed by atoms with Crippen molar-refractivity contribution in [2.24, 2.45) is 5.92 Å². The molecule has 0 amide bonds. The van der Waals surface area contributed by atoms with Gasteiger partial charge in [0.25, 0.3) is 20.2 Å². The third-order valence-corrected chi connectivity index (χ3v) is 18.4. The molecular weight excluding hydrogens is 941 g/mol. The molecule has 4 aromatic heterocycles. The Labute approximate surface area is 407 Å². The van der Waals surface area contributed by atoms with E-state index in [1.165, 1.54) is 14.7 Å². The van der Waals surface area contributed by atoms with Gasteiger partial charge in [0.2, 0.25) is 17.8 Å². The smallest absolute Gasteiger partial charge is 0.282 e. The molecule has 6 aliphatic heterocycles. The van der Waals surface area contributed by atoms with Crippen LogP contribution in [0.1, 0.15) is 75.6 Å². The summed E-state index contributed by atoms with van der Waals surface area (Å²) < 4.78 is 71.3. The summed E-state index contributed by atoms with van der Waals surface area (Å²) in [5.41, 5.74) is 1.72. The molecule has 10 heterocycles. The Hall–Kier alpha value is -5.74. The molecule has 70 heavy (non-hydrogen) atoms. The van der Waals surface area contributed by atoms with Gasteiger partial charge in [-0.15, -0.1) is 0 Å². The van der Waals surface area contributed by atoms with Gasteiger partial charge in [0.1, 0.15) is 18.2 Å². The van der Waals surface area contributed by atoms with Crippen LogP contribution in [0.4, 0.5) is 35.2 Å². The molecule has 3 unspecified atom stereocenters. The summed E-state index contributed by atoms with van der Waals surface area (Å²) in [7, 11) is -5.55. The lowest BCUT2D eigenvalue weighted by Crippen LogP contribution is -2.64. The number of nitriles is 2. The lowest BCUT2D eigenvalue weighted by atomic mass is 9.83. The number of piperidine rings is 3. The van der Waals surface area contributed by atoms with Gasteiger partial charge in [-0.2, -0.15) is 62.0 Å². The summed E-state index contributed by atoms with van der Waals surface area (Å²) in [5.74, 6) is 2.54. The zero-order valence-corrected chi connectivity index (χ0v) is 41.2. The number of hydrogen-bond donors (Lipinski definition) is 5. The molecule has 0 saturated carbocycles. The number of aromatic nitrogens is 8. The van der Waals surface area contributed by atoms with E-state index >= 15 is 0 Å². The Morgan fingerprint density at radius 1 is 0.786 bits per heavy atom. The van der Waals surface area contributed by atoms with Crippen LogP contribution in [0.15, 0.2) is 29.3 Å². The highest BCUT2D eigenvalue weighted by Crippen LogP contribution is 2.41. The molecule has 6 aliphatic rings. The van der Waals surface area contributed by atoms with E-state index in [1.54, 1.807) is 10.4 Å². The largest absolute Gasteiger partial charge is 0.475 e. The number of fused-ring (bicyclic) bond motifs is 4. The average molecular weight is 1000 g/mol. The molecule has 0 spiro atoms. The van der Waals surface area contributed by atoms with Crippen LogP contribution >= 0.6 is 0 Å². The monoisotopic (exact) mass is 1000 g/mol. The zero-order chi connectivity index (χ0) is 48.7. The Morgan fingerprint density at radius 2 is 1.44 bits per heavy atom. The van der Waals surface area contributed by atoms with Crippen molar-refractivity contribution in [2.45, 2.75) is 125 Å². The predicted molar refractivity (Wildman–Crippen MR) is 256 cm³/mol. The fraction of sp³-hybridized carbons (Fsp3) is 0.636. The third kappa shape index (κ3) is 10.1. The van der Waals surface area contributed by atoms with E-state index in [0.29, 0.717) is 67.6 Å². The number of nitrogens with one attached hydrogen (secondary N) is 5. The Morgan fingerprint density at radius 3 is 2.03 bits per heavy atom. The summed E-state index contributed by atoms with van der Waals surface area (Å²) in [6.45, 7) is 5.84. The van der Waals surface area contributed by atoms with Gasteiger partial charge < -0.3 is 30.3 Å². The van der Waals surface area contributed by atoms with Crippen molar-refractivity contribution < 1.29 is 26.3 Å². The maximum Gasteiger partial charge on any atom is 0.282 e. The maximum absolute atomic E-state index is 13.8. The number of sulfonamides is 1. The van der Waals surface area contributed by atoms with Crippen molar-refractivity contribution in [1.29, 1.82) is 10.5 Å². The minimum Gasteiger partial charge on any atom is -0.475 e. The van der Waals surface area contributed by atoms with Crippen LogP contribution in [0.25, 0.3) is 0 Å². The number of ether oxygens (including phenoxy) is 2. The fourth-order valence-electron chi connectivity index (χ4n) is 10.8. The third-order valence-electron chi connectivity index (χ3n) is 14.5. The first kappa shape index (κ1) is 47.9. The highest BCUT2D eigenvalue weighted by atomic mass is 32.2. The standard InChI is InChI=1S/C44H60N18O6S2/c1-27-14-39(56-54-27)48-37-20-41(52-44(51-37)58(3)35-18-33-6-4-7-34(19-35)62(33)70(65,66)60-24-29(22-45)25-60)68-13-12-67-36(23-46)26-61-31-8-9-32(61)17-30(16-31)47-43-50-38(49-40-15-28(2)55-57-40)21-42(53-43)69(63,64)59-10-5-11-59/h14-15,20-21,29-36H,4-13,16-19,24-26H2,1-3H3,(H2,48,51,52,54,56)(H3,47,49,50,53,55,57)/t30?,31-,32+,33-,34+,35?,36?. The van der Waals surface area contributed by atoms with Crippen molar-refractivity contribution in [3.8, 4) is 18.0 Å². The lowest BCUT2D eigenvalue weighted by Gasteiger charge is -2.51. The number of nitrogens with zero attached hydrogens (tertiary/aromatic N) is 13. The van der Waals surface area contributed by atoms with Crippen molar-refractivity contribution >= 4 is 55.4 Å².